The predicted octanol–water partition coefficient (Wildman–Crippen LogP) is 1.62. The van der Waals surface area contributed by atoms with Gasteiger partial charge in [0.05, 0.1) is 5.69 Å². The molecule has 0 spiro atoms. The number of amides is 2. The fourth-order valence-corrected chi connectivity index (χ4v) is 2.82. The summed E-state index contributed by atoms with van der Waals surface area (Å²) in [5.74, 6) is -1.44. The Morgan fingerprint density at radius 2 is 2.04 bits per heavy atom. The average molecular weight is 333 g/mol. The highest BCUT2D eigenvalue weighted by Crippen LogP contribution is 2.08. The van der Waals surface area contributed by atoms with Crippen LogP contribution < -0.4 is 16.2 Å². The molecular weight excluding hydrogens is 314 g/mol. The molecule has 0 saturated heterocycles. The molecule has 2 amide bonds. The number of rotatable bonds is 5. The molecule has 2 aromatic heterocycles. The summed E-state index contributed by atoms with van der Waals surface area (Å²) in [6.07, 6.45) is 2.19. The Balaban J connectivity index is 1.92. The van der Waals surface area contributed by atoms with Crippen LogP contribution in [-0.4, -0.2) is 22.4 Å². The summed E-state index contributed by atoms with van der Waals surface area (Å²) >= 11 is 1.59. The molecule has 0 unspecified atom stereocenters. The minimum Gasteiger partial charge on any atom is -0.345 e. The molecule has 0 aliphatic carbocycles. The van der Waals surface area contributed by atoms with Crippen molar-refractivity contribution in [1.82, 2.24) is 9.88 Å². The summed E-state index contributed by atoms with van der Waals surface area (Å²) in [5.41, 5.74) is 1.38. The smallest absolute Gasteiger partial charge is 0.313 e. The molecule has 122 valence electrons. The van der Waals surface area contributed by atoms with Crippen molar-refractivity contribution in [3.05, 3.63) is 51.1 Å². The molecule has 0 saturated carbocycles. The van der Waals surface area contributed by atoms with Crippen LogP contribution in [0.4, 0.5) is 5.69 Å². The third-order valence-corrected chi connectivity index (χ3v) is 4.02. The third-order valence-electron chi connectivity index (χ3n) is 3.29. The van der Waals surface area contributed by atoms with E-state index < -0.39 is 11.8 Å². The summed E-state index contributed by atoms with van der Waals surface area (Å²) in [6, 6.07) is 4.68. The second-order valence-electron chi connectivity index (χ2n) is 5.21. The number of pyridine rings is 1. The lowest BCUT2D eigenvalue weighted by molar-refractivity contribution is -0.136. The van der Waals surface area contributed by atoms with Crippen LogP contribution in [0, 0.1) is 0 Å². The largest absolute Gasteiger partial charge is 0.345 e. The van der Waals surface area contributed by atoms with Gasteiger partial charge in [-0.05, 0) is 48.7 Å². The summed E-state index contributed by atoms with van der Waals surface area (Å²) < 4.78 is 1.45. The molecule has 6 nitrogen and oxygen atoms in total. The SMILES string of the molecule is CCn1cc(NC(=O)C(=O)N[C@@H](C)Cc2ccsc2)ccc1=O. The summed E-state index contributed by atoms with van der Waals surface area (Å²) in [5, 5.41) is 9.14. The maximum Gasteiger partial charge on any atom is 0.313 e. The second-order valence-corrected chi connectivity index (χ2v) is 5.99. The fraction of sp³-hybridized carbons (Fsp3) is 0.312. The number of carbonyl (C=O) groups excluding carboxylic acids is 2. The Kier molecular flexibility index (Phi) is 5.70. The van der Waals surface area contributed by atoms with Gasteiger partial charge in [0.2, 0.25) is 0 Å². The van der Waals surface area contributed by atoms with E-state index in [0.29, 0.717) is 18.7 Å². The van der Waals surface area contributed by atoms with Gasteiger partial charge in [-0.3, -0.25) is 14.4 Å². The first-order chi connectivity index (χ1) is 11.0. The zero-order valence-electron chi connectivity index (χ0n) is 13.0. The van der Waals surface area contributed by atoms with Crippen molar-refractivity contribution in [3.8, 4) is 0 Å². The molecule has 2 heterocycles. The molecule has 0 fully saturated rings. The van der Waals surface area contributed by atoms with Crippen LogP contribution in [-0.2, 0) is 22.6 Å². The molecule has 2 rings (SSSR count). The van der Waals surface area contributed by atoms with Gasteiger partial charge in [0, 0.05) is 24.8 Å². The van der Waals surface area contributed by atoms with Crippen molar-refractivity contribution >= 4 is 28.8 Å². The molecule has 2 N–H and O–H groups in total. The number of aryl methyl sites for hydroxylation is 1. The van der Waals surface area contributed by atoms with Crippen LogP contribution in [0.1, 0.15) is 19.4 Å². The lowest BCUT2D eigenvalue weighted by Gasteiger charge is -2.13. The lowest BCUT2D eigenvalue weighted by atomic mass is 10.1. The van der Waals surface area contributed by atoms with Crippen molar-refractivity contribution < 1.29 is 9.59 Å². The first-order valence-corrected chi connectivity index (χ1v) is 8.27. The first kappa shape index (κ1) is 17.0. The monoisotopic (exact) mass is 333 g/mol. The Bertz CT molecular complexity index is 737. The molecule has 0 bridgehead atoms. The van der Waals surface area contributed by atoms with Crippen LogP contribution >= 0.6 is 11.3 Å². The maximum atomic E-state index is 11.9. The Morgan fingerprint density at radius 1 is 1.26 bits per heavy atom. The molecule has 2 aromatic rings. The van der Waals surface area contributed by atoms with E-state index in [4.69, 9.17) is 0 Å². The fourth-order valence-electron chi connectivity index (χ4n) is 2.14. The van der Waals surface area contributed by atoms with Gasteiger partial charge in [0.15, 0.2) is 0 Å². The molecule has 0 radical (unpaired) electrons. The van der Waals surface area contributed by atoms with Gasteiger partial charge in [-0.15, -0.1) is 0 Å². The molecule has 1 atom stereocenters. The molecular formula is C16H19N3O3S. The van der Waals surface area contributed by atoms with Gasteiger partial charge in [0.1, 0.15) is 0 Å². The minimum absolute atomic E-state index is 0.146. The minimum atomic E-state index is -0.747. The summed E-state index contributed by atoms with van der Waals surface area (Å²) in [4.78, 5) is 35.3. The predicted molar refractivity (Wildman–Crippen MR) is 90.6 cm³/mol. The Labute approximate surface area is 138 Å². The molecule has 0 aromatic carbocycles. The number of thiophene rings is 1. The normalized spacial score (nSPS) is 11.7. The highest BCUT2D eigenvalue weighted by Gasteiger charge is 2.17. The van der Waals surface area contributed by atoms with Crippen molar-refractivity contribution in [2.45, 2.75) is 32.9 Å². The van der Waals surface area contributed by atoms with E-state index in [1.165, 1.54) is 22.9 Å². The number of hydrogen-bond acceptors (Lipinski definition) is 4. The third kappa shape index (κ3) is 4.79. The summed E-state index contributed by atoms with van der Waals surface area (Å²) in [6.45, 7) is 4.17. The number of anilines is 1. The van der Waals surface area contributed by atoms with Gasteiger partial charge in [-0.25, -0.2) is 0 Å². The molecule has 23 heavy (non-hydrogen) atoms. The van der Waals surface area contributed by atoms with Gasteiger partial charge in [-0.1, -0.05) is 0 Å². The van der Waals surface area contributed by atoms with Gasteiger partial charge in [0.25, 0.3) is 5.56 Å². The van der Waals surface area contributed by atoms with Crippen molar-refractivity contribution in [2.24, 2.45) is 0 Å². The number of carbonyl (C=O) groups is 2. The van der Waals surface area contributed by atoms with Gasteiger partial charge < -0.3 is 15.2 Å². The van der Waals surface area contributed by atoms with Crippen molar-refractivity contribution in [1.29, 1.82) is 0 Å². The lowest BCUT2D eigenvalue weighted by Crippen LogP contribution is -2.41. The second kappa shape index (κ2) is 7.73. The number of nitrogens with zero attached hydrogens (tertiary/aromatic N) is 1. The zero-order valence-corrected chi connectivity index (χ0v) is 13.9. The van der Waals surface area contributed by atoms with Crippen LogP contribution in [0.2, 0.25) is 0 Å². The molecule has 7 heteroatoms. The molecule has 0 aliphatic heterocycles. The zero-order chi connectivity index (χ0) is 16.8. The first-order valence-electron chi connectivity index (χ1n) is 7.33. The average Bonchev–Trinajstić information content (AvgIpc) is 3.01. The Hall–Kier alpha value is -2.41. The number of aromatic nitrogens is 1. The maximum absolute atomic E-state index is 11.9. The molecule has 0 aliphatic rings. The highest BCUT2D eigenvalue weighted by molar-refractivity contribution is 7.07. The van der Waals surface area contributed by atoms with Crippen molar-refractivity contribution in [3.63, 3.8) is 0 Å². The van der Waals surface area contributed by atoms with Crippen molar-refractivity contribution in [2.75, 3.05) is 5.32 Å². The number of hydrogen-bond donors (Lipinski definition) is 2. The van der Waals surface area contributed by atoms with Gasteiger partial charge in [-0.2, -0.15) is 11.3 Å². The van der Waals surface area contributed by atoms with E-state index in [0.717, 1.165) is 5.56 Å². The Morgan fingerprint density at radius 3 is 2.70 bits per heavy atom. The van der Waals surface area contributed by atoms with E-state index in [2.05, 4.69) is 10.6 Å². The van der Waals surface area contributed by atoms with Crippen LogP contribution in [0.5, 0.6) is 0 Å². The van der Waals surface area contributed by atoms with E-state index >= 15 is 0 Å². The van der Waals surface area contributed by atoms with E-state index in [1.807, 2.05) is 30.7 Å². The van der Waals surface area contributed by atoms with Gasteiger partial charge >= 0.3 is 11.8 Å². The topological polar surface area (TPSA) is 80.2 Å². The number of nitrogens with one attached hydrogen (secondary N) is 2. The highest BCUT2D eigenvalue weighted by atomic mass is 32.1. The van der Waals surface area contributed by atoms with Crippen LogP contribution in [0.3, 0.4) is 0 Å². The summed E-state index contributed by atoms with van der Waals surface area (Å²) in [7, 11) is 0. The van der Waals surface area contributed by atoms with E-state index in [9.17, 15) is 14.4 Å². The van der Waals surface area contributed by atoms with Crippen LogP contribution in [0.25, 0.3) is 0 Å². The standard InChI is InChI=1S/C16H19N3O3S/c1-3-19-9-13(4-5-14(19)20)18-16(22)15(21)17-11(2)8-12-6-7-23-10-12/h4-7,9-11H,3,8H2,1-2H3,(H,17,21)(H,18,22)/t11-/m0/s1. The van der Waals surface area contributed by atoms with E-state index in [1.54, 1.807) is 11.3 Å². The quantitative estimate of drug-likeness (QED) is 0.816. The van der Waals surface area contributed by atoms with Crippen LogP contribution in [0.15, 0.2) is 40.0 Å². The van der Waals surface area contributed by atoms with E-state index in [-0.39, 0.29) is 11.6 Å².